The van der Waals surface area contributed by atoms with E-state index >= 15 is 4.39 Å². The van der Waals surface area contributed by atoms with Crippen molar-refractivity contribution in [3.05, 3.63) is 66.1 Å². The van der Waals surface area contributed by atoms with Gasteiger partial charge in [-0.3, -0.25) is 14.8 Å². The molecule has 0 aliphatic carbocycles. The third-order valence-corrected chi connectivity index (χ3v) is 7.19. The van der Waals surface area contributed by atoms with Gasteiger partial charge in [0.2, 0.25) is 0 Å². The van der Waals surface area contributed by atoms with Crippen LogP contribution in [0.5, 0.6) is 5.75 Å². The topological polar surface area (TPSA) is 75.5 Å². The van der Waals surface area contributed by atoms with Gasteiger partial charge in [0.15, 0.2) is 0 Å². The van der Waals surface area contributed by atoms with Gasteiger partial charge in [-0.2, -0.15) is 0 Å². The number of piperidine rings is 1. The number of halogens is 1. The number of hydrogen-bond acceptors (Lipinski definition) is 5. The standard InChI is InChI=1S/C28H34FN3O3/c1-35-23-7-9-27-25(17-23)24(10-13-31-27)26(29)8-6-21-11-15-32(19-22(21)16-28(33)34)14-3-5-20-4-2-12-30-18-20/h2,4,7,9-10,12-13,17-18,21-22,26H,3,5-6,8,11,14-16,19H2,1H3,(H,33,34)/t21-,22+,26?/m1/s1. The van der Waals surface area contributed by atoms with Gasteiger partial charge >= 0.3 is 5.97 Å². The van der Waals surface area contributed by atoms with Crippen molar-refractivity contribution in [3.8, 4) is 5.75 Å². The lowest BCUT2D eigenvalue weighted by molar-refractivity contribution is -0.139. The quantitative estimate of drug-likeness (QED) is 0.393. The highest BCUT2D eigenvalue weighted by Crippen LogP contribution is 2.36. The Kier molecular flexibility index (Phi) is 8.64. The van der Waals surface area contributed by atoms with Gasteiger partial charge in [-0.25, -0.2) is 4.39 Å². The van der Waals surface area contributed by atoms with E-state index in [0.717, 1.165) is 49.8 Å². The minimum Gasteiger partial charge on any atom is -0.497 e. The zero-order chi connectivity index (χ0) is 24.6. The molecule has 4 rings (SSSR count). The summed E-state index contributed by atoms with van der Waals surface area (Å²) in [5.41, 5.74) is 2.59. The number of aliphatic carboxylic acids is 1. The molecule has 0 saturated carbocycles. The molecular formula is C28H34FN3O3. The molecular weight excluding hydrogens is 445 g/mol. The molecule has 1 saturated heterocycles. The molecule has 2 aromatic heterocycles. The molecule has 3 heterocycles. The molecule has 0 amide bonds. The van der Waals surface area contributed by atoms with Crippen molar-refractivity contribution in [2.45, 2.75) is 44.7 Å². The van der Waals surface area contributed by atoms with E-state index in [2.05, 4.69) is 20.9 Å². The molecule has 7 heteroatoms. The summed E-state index contributed by atoms with van der Waals surface area (Å²) in [6.45, 7) is 2.63. The van der Waals surface area contributed by atoms with Crippen molar-refractivity contribution in [1.29, 1.82) is 0 Å². The number of ether oxygens (including phenoxy) is 1. The highest BCUT2D eigenvalue weighted by molar-refractivity contribution is 5.83. The van der Waals surface area contributed by atoms with Crippen LogP contribution in [-0.2, 0) is 11.2 Å². The zero-order valence-electron chi connectivity index (χ0n) is 20.3. The molecule has 0 radical (unpaired) electrons. The van der Waals surface area contributed by atoms with Crippen molar-refractivity contribution in [3.63, 3.8) is 0 Å². The van der Waals surface area contributed by atoms with Gasteiger partial charge in [-0.1, -0.05) is 6.07 Å². The van der Waals surface area contributed by atoms with Crippen LogP contribution in [0, 0.1) is 11.8 Å². The second-order valence-corrected chi connectivity index (χ2v) is 9.50. The van der Waals surface area contributed by atoms with Gasteiger partial charge in [0.05, 0.1) is 12.6 Å². The average molecular weight is 480 g/mol. The van der Waals surface area contributed by atoms with Crippen molar-refractivity contribution >= 4 is 16.9 Å². The van der Waals surface area contributed by atoms with E-state index < -0.39 is 12.1 Å². The molecule has 3 aromatic rings. The van der Waals surface area contributed by atoms with Crippen LogP contribution < -0.4 is 4.74 Å². The summed E-state index contributed by atoms with van der Waals surface area (Å²) in [5.74, 6) is 0.153. The fraction of sp³-hybridized carbons (Fsp3) is 0.464. The first-order valence-corrected chi connectivity index (χ1v) is 12.4. The number of carboxylic acid groups (broad SMARTS) is 1. The molecule has 0 spiro atoms. The molecule has 1 unspecified atom stereocenters. The summed E-state index contributed by atoms with van der Waals surface area (Å²) in [6.07, 6.45) is 8.26. The highest BCUT2D eigenvalue weighted by Gasteiger charge is 2.31. The largest absolute Gasteiger partial charge is 0.497 e. The number of aryl methyl sites for hydroxylation is 1. The minimum absolute atomic E-state index is 0.0427. The monoisotopic (exact) mass is 479 g/mol. The van der Waals surface area contributed by atoms with Gasteiger partial charge in [0, 0.05) is 36.9 Å². The molecule has 1 N–H and O–H groups in total. The Labute approximate surface area is 206 Å². The van der Waals surface area contributed by atoms with Crippen LogP contribution in [-0.4, -0.2) is 52.7 Å². The number of carbonyl (C=O) groups is 1. The predicted octanol–water partition coefficient (Wildman–Crippen LogP) is 5.47. The fourth-order valence-corrected chi connectivity index (χ4v) is 5.31. The van der Waals surface area contributed by atoms with E-state index in [0.29, 0.717) is 24.2 Å². The Bertz CT molecular complexity index is 1110. The van der Waals surface area contributed by atoms with Crippen LogP contribution in [0.4, 0.5) is 4.39 Å². The Morgan fingerprint density at radius 2 is 2.14 bits per heavy atom. The number of methoxy groups -OCH3 is 1. The van der Waals surface area contributed by atoms with E-state index in [1.54, 1.807) is 25.6 Å². The summed E-state index contributed by atoms with van der Waals surface area (Å²) in [5, 5.41) is 10.3. The Hall–Kier alpha value is -3.06. The second-order valence-electron chi connectivity index (χ2n) is 9.50. The normalized spacial score (nSPS) is 19.5. The lowest BCUT2D eigenvalue weighted by atomic mass is 9.79. The van der Waals surface area contributed by atoms with Crippen molar-refractivity contribution in [2.24, 2.45) is 11.8 Å². The van der Waals surface area contributed by atoms with Crippen molar-refractivity contribution in [2.75, 3.05) is 26.7 Å². The number of aromatic nitrogens is 2. The Morgan fingerprint density at radius 3 is 2.91 bits per heavy atom. The van der Waals surface area contributed by atoms with Crippen LogP contribution >= 0.6 is 0 Å². The SMILES string of the molecule is COc1ccc2nccc(C(F)CC[C@@H]3CCN(CCCc4cccnc4)C[C@@H]3CC(=O)O)c2c1. The molecule has 1 fully saturated rings. The van der Waals surface area contributed by atoms with E-state index in [1.807, 2.05) is 30.5 Å². The number of nitrogens with zero attached hydrogens (tertiary/aromatic N) is 3. The number of alkyl halides is 1. The maximum Gasteiger partial charge on any atom is 0.303 e. The number of benzene rings is 1. The highest BCUT2D eigenvalue weighted by atomic mass is 19.1. The lowest BCUT2D eigenvalue weighted by Gasteiger charge is -2.38. The average Bonchev–Trinajstić information content (AvgIpc) is 2.87. The summed E-state index contributed by atoms with van der Waals surface area (Å²) in [4.78, 5) is 22.5. The van der Waals surface area contributed by atoms with Crippen LogP contribution in [0.1, 0.15) is 49.4 Å². The number of hydrogen-bond donors (Lipinski definition) is 1. The Morgan fingerprint density at radius 1 is 1.26 bits per heavy atom. The van der Waals surface area contributed by atoms with Crippen LogP contribution in [0.25, 0.3) is 10.9 Å². The smallest absolute Gasteiger partial charge is 0.303 e. The van der Waals surface area contributed by atoms with E-state index in [1.165, 1.54) is 5.56 Å². The molecule has 186 valence electrons. The number of carboxylic acids is 1. The molecule has 1 aromatic carbocycles. The van der Waals surface area contributed by atoms with Gasteiger partial charge in [0.25, 0.3) is 0 Å². The van der Waals surface area contributed by atoms with Crippen molar-refractivity contribution < 1.29 is 19.0 Å². The molecule has 6 nitrogen and oxygen atoms in total. The first-order valence-electron chi connectivity index (χ1n) is 12.4. The maximum absolute atomic E-state index is 15.4. The Balaban J connectivity index is 1.35. The minimum atomic E-state index is -1.13. The molecule has 35 heavy (non-hydrogen) atoms. The van der Waals surface area contributed by atoms with E-state index in [4.69, 9.17) is 4.74 Å². The fourth-order valence-electron chi connectivity index (χ4n) is 5.31. The zero-order valence-corrected chi connectivity index (χ0v) is 20.3. The molecule has 1 aliphatic rings. The van der Waals surface area contributed by atoms with Crippen LogP contribution in [0.3, 0.4) is 0 Å². The van der Waals surface area contributed by atoms with Crippen molar-refractivity contribution in [1.82, 2.24) is 14.9 Å². The maximum atomic E-state index is 15.4. The third-order valence-electron chi connectivity index (χ3n) is 7.19. The van der Waals surface area contributed by atoms with Gasteiger partial charge in [-0.15, -0.1) is 0 Å². The number of likely N-dealkylation sites (tertiary alicyclic amines) is 1. The lowest BCUT2D eigenvalue weighted by Crippen LogP contribution is -2.42. The first-order chi connectivity index (χ1) is 17.0. The molecule has 1 aliphatic heterocycles. The van der Waals surface area contributed by atoms with Gasteiger partial charge in [0.1, 0.15) is 11.9 Å². The number of fused-ring (bicyclic) bond motifs is 1. The van der Waals surface area contributed by atoms with E-state index in [-0.39, 0.29) is 18.3 Å². The van der Waals surface area contributed by atoms with Crippen LogP contribution in [0.2, 0.25) is 0 Å². The molecule has 3 atom stereocenters. The summed E-state index contributed by atoms with van der Waals surface area (Å²) < 4.78 is 20.8. The molecule has 0 bridgehead atoms. The predicted molar refractivity (Wildman–Crippen MR) is 134 cm³/mol. The van der Waals surface area contributed by atoms with Gasteiger partial charge in [-0.05, 0) is 98.5 Å². The summed E-state index contributed by atoms with van der Waals surface area (Å²) >= 11 is 0. The van der Waals surface area contributed by atoms with Gasteiger partial charge < -0.3 is 14.7 Å². The van der Waals surface area contributed by atoms with E-state index in [9.17, 15) is 9.90 Å². The second kappa shape index (κ2) is 12.1. The van der Waals surface area contributed by atoms with Crippen LogP contribution in [0.15, 0.2) is 55.0 Å². The number of rotatable bonds is 11. The summed E-state index contributed by atoms with van der Waals surface area (Å²) in [7, 11) is 1.60. The first kappa shape index (κ1) is 25.0. The third kappa shape index (κ3) is 6.75. The number of pyridine rings is 2. The summed E-state index contributed by atoms with van der Waals surface area (Å²) in [6, 6.07) is 11.3.